The predicted octanol–water partition coefficient (Wildman–Crippen LogP) is 15.5. The molecule has 0 spiro atoms. The molecular formula is C49H57Br4F5N2O3Si2. The van der Waals surface area contributed by atoms with Crippen LogP contribution in [0.2, 0.25) is 37.8 Å². The summed E-state index contributed by atoms with van der Waals surface area (Å²) in [5, 5.41) is 4.16. The number of benzene rings is 5. The molecule has 65 heavy (non-hydrogen) atoms. The van der Waals surface area contributed by atoms with Gasteiger partial charge in [-0.3, -0.25) is 9.59 Å². The van der Waals surface area contributed by atoms with Crippen LogP contribution in [0.3, 0.4) is 0 Å². The van der Waals surface area contributed by atoms with Gasteiger partial charge in [-0.15, -0.1) is 0 Å². The summed E-state index contributed by atoms with van der Waals surface area (Å²) in [5.74, 6) is -1.57. The Balaban J connectivity index is 0.000000286. The maximum absolute atomic E-state index is 14.0. The molecule has 0 saturated carbocycles. The van der Waals surface area contributed by atoms with E-state index in [1.54, 1.807) is 66.7 Å². The van der Waals surface area contributed by atoms with Gasteiger partial charge in [-0.05, 0) is 155 Å². The molecule has 1 N–H and O–H groups in total. The zero-order chi connectivity index (χ0) is 49.4. The fourth-order valence-corrected chi connectivity index (χ4v) is 9.46. The molecule has 0 aliphatic carbocycles. The number of carbonyl (C=O) groups excluding carboxylic acids is 2. The lowest BCUT2D eigenvalue weighted by Gasteiger charge is -2.37. The first-order valence-electron chi connectivity index (χ1n) is 20.5. The van der Waals surface area contributed by atoms with E-state index in [1.165, 1.54) is 32.0 Å². The number of hydrogen-bond acceptors (Lipinski definition) is 5. The Labute approximate surface area is 417 Å². The summed E-state index contributed by atoms with van der Waals surface area (Å²) in [7, 11) is -3.49. The van der Waals surface area contributed by atoms with Crippen LogP contribution in [0.15, 0.2) is 122 Å². The Kier molecular flexibility index (Phi) is 23.4. The molecule has 1 saturated heterocycles. The van der Waals surface area contributed by atoms with Crippen molar-refractivity contribution >= 4 is 108 Å². The number of rotatable bonds is 7. The topological polar surface area (TPSA) is 58.6 Å². The number of nitrogens with one attached hydrogen (secondary N) is 1. The fraction of sp³-hybridized carbons (Fsp3) is 0.306. The molecule has 5 nitrogen and oxygen atoms in total. The van der Waals surface area contributed by atoms with Crippen molar-refractivity contribution in [2.24, 2.45) is 0 Å². The van der Waals surface area contributed by atoms with Gasteiger partial charge in [0, 0.05) is 26.2 Å². The summed E-state index contributed by atoms with van der Waals surface area (Å²) in [4.78, 5) is 24.0. The second kappa shape index (κ2) is 26.3. The van der Waals surface area contributed by atoms with Crippen LogP contribution in [0.1, 0.15) is 60.9 Å². The van der Waals surface area contributed by atoms with Crippen molar-refractivity contribution in [3.63, 3.8) is 0 Å². The van der Waals surface area contributed by atoms with Crippen LogP contribution >= 0.6 is 63.7 Å². The lowest BCUT2D eigenvalue weighted by atomic mass is 10.1. The number of piperazine rings is 1. The molecule has 0 radical (unpaired) electrons. The summed E-state index contributed by atoms with van der Waals surface area (Å²) < 4.78 is 74.6. The number of carbonyl (C=O) groups is 2. The van der Waals surface area contributed by atoms with E-state index in [4.69, 9.17) is 4.43 Å². The van der Waals surface area contributed by atoms with Gasteiger partial charge in [-0.1, -0.05) is 89.5 Å². The van der Waals surface area contributed by atoms with Crippen molar-refractivity contribution in [3.05, 3.63) is 167 Å². The first-order valence-corrected chi connectivity index (χ1v) is 30.1. The van der Waals surface area contributed by atoms with Crippen molar-refractivity contribution < 1.29 is 36.0 Å². The summed E-state index contributed by atoms with van der Waals surface area (Å²) in [5.41, 5.74) is 1.26. The largest absolute Gasteiger partial charge is 0.543 e. The SMILES string of the molecule is C=C(O[Si](C)(C)C(C)(C)C)c1cccc(Br)c1F.CC(=O)c1cccc(Br)c1F.CC(=O)c1cccc(N2CCNCC2)c1F.C[Si](C)(C)c1cccc(Br)c1F.Fc1ccccc1Br. The Bertz CT molecular complexity index is 2380. The fourth-order valence-electron chi connectivity index (χ4n) is 5.47. The smallest absolute Gasteiger partial charge is 0.250 e. The minimum Gasteiger partial charge on any atom is -0.543 e. The monoisotopic (exact) mass is 1190 g/mol. The number of halogens is 9. The van der Waals surface area contributed by atoms with Gasteiger partial charge in [0.25, 0.3) is 0 Å². The van der Waals surface area contributed by atoms with Gasteiger partial charge in [0.15, 0.2) is 17.4 Å². The lowest BCUT2D eigenvalue weighted by Crippen LogP contribution is -2.44. The highest BCUT2D eigenvalue weighted by molar-refractivity contribution is 9.11. The third-order valence-electron chi connectivity index (χ3n) is 10.2. The van der Waals surface area contributed by atoms with E-state index in [2.05, 4.69) is 129 Å². The maximum atomic E-state index is 14.0. The second-order valence-corrected chi connectivity index (χ2v) is 30.4. The van der Waals surface area contributed by atoms with Crippen LogP contribution in [0.5, 0.6) is 0 Å². The number of Topliss-reactive ketones (excluding diaryl/α,β-unsaturated/α-hetero) is 2. The number of ketones is 2. The summed E-state index contributed by atoms with van der Waals surface area (Å²) >= 11 is 12.4. The van der Waals surface area contributed by atoms with Gasteiger partial charge in [-0.2, -0.15) is 0 Å². The molecule has 6 rings (SSSR count). The minimum atomic E-state index is -1.97. The van der Waals surface area contributed by atoms with Crippen LogP contribution in [0.4, 0.5) is 27.6 Å². The molecule has 352 valence electrons. The number of nitrogens with zero attached hydrogens (tertiary/aromatic N) is 1. The van der Waals surface area contributed by atoms with Gasteiger partial charge in [0.2, 0.25) is 8.32 Å². The predicted molar refractivity (Wildman–Crippen MR) is 278 cm³/mol. The zero-order valence-corrected chi connectivity index (χ0v) is 46.7. The Morgan fingerprint density at radius 2 is 1.02 bits per heavy atom. The molecular weight excluding hydrogens is 1140 g/mol. The second-order valence-electron chi connectivity index (χ2n) is 17.2. The number of anilines is 1. The maximum Gasteiger partial charge on any atom is 0.250 e. The first-order chi connectivity index (χ1) is 30.1. The molecule has 1 aliphatic rings. The Morgan fingerprint density at radius 1 is 0.600 bits per heavy atom. The Hall–Kier alpha value is -3.26. The molecule has 0 bridgehead atoms. The number of hydrogen-bond donors (Lipinski definition) is 1. The molecule has 16 heteroatoms. The van der Waals surface area contributed by atoms with Crippen molar-refractivity contribution in [2.75, 3.05) is 31.1 Å². The van der Waals surface area contributed by atoms with E-state index in [1.807, 2.05) is 17.0 Å². The summed E-state index contributed by atoms with van der Waals surface area (Å²) in [6.45, 7) is 26.9. The summed E-state index contributed by atoms with van der Waals surface area (Å²) in [6.07, 6.45) is 0. The van der Waals surface area contributed by atoms with Crippen molar-refractivity contribution in [1.29, 1.82) is 0 Å². The van der Waals surface area contributed by atoms with Gasteiger partial charge in [0.05, 0.1) is 48.3 Å². The lowest BCUT2D eigenvalue weighted by molar-refractivity contribution is 0.100. The third kappa shape index (κ3) is 18.1. The highest BCUT2D eigenvalue weighted by atomic mass is 79.9. The molecule has 1 heterocycles. The highest BCUT2D eigenvalue weighted by Gasteiger charge is 2.39. The molecule has 0 amide bonds. The molecule has 1 aliphatic heterocycles. The van der Waals surface area contributed by atoms with E-state index < -0.39 is 28.0 Å². The standard InChI is InChI=1S/C14H20BrFOSi.C12H15FN2O.C9H12BrFSi.C8H6BrFO.C6H4BrF/c1-10(17-18(5,6)14(2,3)4)11-8-7-9-12(15)13(11)16;1-9(16)10-3-2-4-11(12(10)13)15-7-5-14-6-8-15;1-12(2,3)8-6-4-5-7(10)9(8)11;1-5(11)6-3-2-4-7(9)8(6)10;7-5-3-1-2-4-6(5)8/h7-9H,1H2,2-6H3;2-4,14H,5-8H2,1H3;4-6H,1-3H3;2-4H,1H3;1-4H. The van der Waals surface area contributed by atoms with Gasteiger partial charge in [0.1, 0.15) is 29.0 Å². The van der Waals surface area contributed by atoms with Gasteiger partial charge in [-0.25, -0.2) is 22.0 Å². The molecule has 0 atom stereocenters. The van der Waals surface area contributed by atoms with Gasteiger partial charge < -0.3 is 14.6 Å². The molecule has 1 fully saturated rings. The average molecular weight is 1190 g/mol. The van der Waals surface area contributed by atoms with Crippen molar-refractivity contribution in [2.45, 2.75) is 72.4 Å². The van der Waals surface area contributed by atoms with Gasteiger partial charge >= 0.3 is 0 Å². The Morgan fingerprint density at radius 3 is 1.43 bits per heavy atom. The van der Waals surface area contributed by atoms with Crippen molar-refractivity contribution in [3.8, 4) is 0 Å². The van der Waals surface area contributed by atoms with E-state index in [-0.39, 0.29) is 45.2 Å². The van der Waals surface area contributed by atoms with E-state index in [0.717, 1.165) is 31.4 Å². The minimum absolute atomic E-state index is 0.0679. The normalized spacial score (nSPS) is 12.4. The van der Waals surface area contributed by atoms with E-state index >= 15 is 0 Å². The first kappa shape index (κ1) is 57.9. The highest BCUT2D eigenvalue weighted by Crippen LogP contribution is 2.39. The quantitative estimate of drug-likeness (QED) is 0.0762. The molecule has 0 unspecified atom stereocenters. The van der Waals surface area contributed by atoms with Crippen LogP contribution < -0.4 is 15.4 Å². The molecule has 5 aromatic carbocycles. The average Bonchev–Trinajstić information content (AvgIpc) is 3.22. The zero-order valence-electron chi connectivity index (χ0n) is 38.3. The van der Waals surface area contributed by atoms with E-state index in [0.29, 0.717) is 34.9 Å². The van der Waals surface area contributed by atoms with Crippen LogP contribution in [-0.4, -0.2) is 54.1 Å². The van der Waals surface area contributed by atoms with Crippen molar-refractivity contribution in [1.82, 2.24) is 5.32 Å². The van der Waals surface area contributed by atoms with E-state index in [9.17, 15) is 31.5 Å². The summed E-state index contributed by atoms with van der Waals surface area (Å²) in [6, 6.07) is 26.8. The van der Waals surface area contributed by atoms with Crippen LogP contribution in [0.25, 0.3) is 5.76 Å². The third-order valence-corrected chi connectivity index (χ3v) is 19.0. The van der Waals surface area contributed by atoms with Crippen LogP contribution in [0, 0.1) is 29.1 Å². The van der Waals surface area contributed by atoms with Crippen LogP contribution in [-0.2, 0) is 4.43 Å². The molecule has 0 aromatic heterocycles. The molecule has 5 aromatic rings.